The number of nitrogens with zero attached hydrogens (tertiary/aromatic N) is 5. The van der Waals surface area contributed by atoms with Crippen molar-refractivity contribution >= 4 is 9.84 Å². The second-order valence-corrected chi connectivity index (χ2v) is 12.3. The van der Waals surface area contributed by atoms with Crippen molar-refractivity contribution < 1.29 is 22.6 Å². The molecule has 2 saturated heterocycles. The molecule has 10 nitrogen and oxygen atoms in total. The zero-order chi connectivity index (χ0) is 25.2. The van der Waals surface area contributed by atoms with Crippen molar-refractivity contribution in [1.29, 1.82) is 0 Å². The van der Waals surface area contributed by atoms with Gasteiger partial charge in [-0.25, -0.2) is 8.42 Å². The Kier molecular flexibility index (Phi) is 8.19. The Morgan fingerprint density at radius 3 is 2.43 bits per heavy atom. The number of hydrogen-bond acceptors (Lipinski definition) is 9. The Balaban J connectivity index is 1.64. The van der Waals surface area contributed by atoms with Crippen LogP contribution in [0.3, 0.4) is 0 Å². The highest BCUT2D eigenvalue weighted by Gasteiger charge is 2.37. The molecule has 0 bridgehead atoms. The standard InChI is InChI=1S/C24H37N5O5S/c1-15(2)33-23(20-13-25-16(3)12-26-20)18(5)35(30,31)14-22-27-28-24(21-7-6-17(4)34-21)29(22)19-8-10-32-11-9-19/h12-13,15,17-19,21,23H,6-11,14H2,1-5H3/t17-,18-,21-,23+/m0/s1. The van der Waals surface area contributed by atoms with E-state index in [1.165, 1.54) is 0 Å². The Bertz CT molecular complexity index is 1080. The second-order valence-electron chi connectivity index (χ2n) is 9.90. The minimum atomic E-state index is -3.69. The van der Waals surface area contributed by atoms with Crippen LogP contribution in [0.15, 0.2) is 12.4 Å². The van der Waals surface area contributed by atoms with Gasteiger partial charge in [0.15, 0.2) is 15.7 Å². The second kappa shape index (κ2) is 11.0. The van der Waals surface area contributed by atoms with E-state index in [0.29, 0.717) is 24.7 Å². The summed E-state index contributed by atoms with van der Waals surface area (Å²) in [5.74, 6) is 0.927. The summed E-state index contributed by atoms with van der Waals surface area (Å²) in [5, 5.41) is 7.97. The van der Waals surface area contributed by atoms with E-state index in [4.69, 9.17) is 14.2 Å². The van der Waals surface area contributed by atoms with Gasteiger partial charge in [-0.2, -0.15) is 0 Å². The van der Waals surface area contributed by atoms with Crippen LogP contribution in [0, 0.1) is 6.92 Å². The number of sulfone groups is 1. The van der Waals surface area contributed by atoms with Gasteiger partial charge in [-0.1, -0.05) is 0 Å². The number of ether oxygens (including phenoxy) is 3. The van der Waals surface area contributed by atoms with Gasteiger partial charge in [-0.15, -0.1) is 10.2 Å². The predicted molar refractivity (Wildman–Crippen MR) is 129 cm³/mol. The Labute approximate surface area is 207 Å². The Morgan fingerprint density at radius 2 is 1.83 bits per heavy atom. The third-order valence-electron chi connectivity index (χ3n) is 6.70. The molecule has 2 aromatic rings. The molecule has 0 spiro atoms. The fourth-order valence-corrected chi connectivity index (χ4v) is 6.15. The van der Waals surface area contributed by atoms with Gasteiger partial charge in [-0.3, -0.25) is 9.97 Å². The molecule has 194 valence electrons. The van der Waals surface area contributed by atoms with Gasteiger partial charge in [0, 0.05) is 25.5 Å². The van der Waals surface area contributed by atoms with Crippen molar-refractivity contribution in [2.75, 3.05) is 13.2 Å². The van der Waals surface area contributed by atoms with Crippen molar-refractivity contribution in [3.63, 3.8) is 0 Å². The van der Waals surface area contributed by atoms with E-state index in [1.54, 1.807) is 19.3 Å². The first-order chi connectivity index (χ1) is 16.7. The smallest absolute Gasteiger partial charge is 0.163 e. The number of aryl methyl sites for hydroxylation is 1. The summed E-state index contributed by atoms with van der Waals surface area (Å²) in [4.78, 5) is 8.71. The lowest BCUT2D eigenvalue weighted by Crippen LogP contribution is -2.32. The molecule has 2 aromatic heterocycles. The summed E-state index contributed by atoms with van der Waals surface area (Å²) >= 11 is 0. The predicted octanol–water partition coefficient (Wildman–Crippen LogP) is 3.44. The van der Waals surface area contributed by atoms with Crippen molar-refractivity contribution in [2.24, 2.45) is 0 Å². The van der Waals surface area contributed by atoms with E-state index in [-0.39, 0.29) is 30.1 Å². The molecular weight excluding hydrogens is 470 g/mol. The van der Waals surface area contributed by atoms with E-state index in [1.807, 2.05) is 32.3 Å². The maximum absolute atomic E-state index is 13.7. The summed E-state index contributed by atoms with van der Waals surface area (Å²) in [7, 11) is -3.69. The quantitative estimate of drug-likeness (QED) is 0.503. The van der Waals surface area contributed by atoms with E-state index in [2.05, 4.69) is 20.2 Å². The average Bonchev–Trinajstić information content (AvgIpc) is 3.43. The van der Waals surface area contributed by atoms with Gasteiger partial charge in [-0.05, 0) is 60.3 Å². The third-order valence-corrected chi connectivity index (χ3v) is 8.74. The normalized spacial score (nSPS) is 23.6. The molecule has 2 fully saturated rings. The molecule has 0 amide bonds. The molecule has 11 heteroatoms. The van der Waals surface area contributed by atoms with Crippen LogP contribution in [0.1, 0.15) is 94.7 Å². The molecule has 4 rings (SSSR count). The summed E-state index contributed by atoms with van der Waals surface area (Å²) < 4.78 is 47.1. The first-order valence-electron chi connectivity index (χ1n) is 12.5. The largest absolute Gasteiger partial charge is 0.381 e. The number of rotatable bonds is 9. The fourth-order valence-electron chi connectivity index (χ4n) is 4.75. The van der Waals surface area contributed by atoms with Crippen molar-refractivity contribution in [2.45, 2.75) is 102 Å². The van der Waals surface area contributed by atoms with Crippen LogP contribution in [-0.4, -0.2) is 63.8 Å². The highest BCUT2D eigenvalue weighted by molar-refractivity contribution is 7.91. The molecule has 0 radical (unpaired) electrons. The molecule has 0 N–H and O–H groups in total. The first-order valence-corrected chi connectivity index (χ1v) is 14.2. The zero-order valence-corrected chi connectivity index (χ0v) is 22.1. The molecule has 0 aromatic carbocycles. The van der Waals surface area contributed by atoms with Crippen LogP contribution in [0.2, 0.25) is 0 Å². The minimum absolute atomic E-state index is 0.0828. The molecule has 35 heavy (non-hydrogen) atoms. The van der Waals surface area contributed by atoms with E-state index < -0.39 is 21.2 Å². The van der Waals surface area contributed by atoms with Crippen LogP contribution in [0.5, 0.6) is 0 Å². The zero-order valence-electron chi connectivity index (χ0n) is 21.3. The third kappa shape index (κ3) is 6.07. The van der Waals surface area contributed by atoms with Gasteiger partial charge in [0.2, 0.25) is 0 Å². The maximum Gasteiger partial charge on any atom is 0.163 e. The molecule has 0 unspecified atom stereocenters. The van der Waals surface area contributed by atoms with Crippen molar-refractivity contribution in [3.8, 4) is 0 Å². The fraction of sp³-hybridized carbons (Fsp3) is 0.750. The first kappa shape index (κ1) is 26.1. The van der Waals surface area contributed by atoms with Crippen LogP contribution < -0.4 is 0 Å². The van der Waals surface area contributed by atoms with Crippen LogP contribution in [0.4, 0.5) is 0 Å². The molecule has 0 aliphatic carbocycles. The lowest BCUT2D eigenvalue weighted by molar-refractivity contribution is 0.00381. The van der Waals surface area contributed by atoms with Crippen molar-refractivity contribution in [3.05, 3.63) is 35.4 Å². The number of hydrogen-bond donors (Lipinski definition) is 0. The van der Waals surface area contributed by atoms with Gasteiger partial charge in [0.25, 0.3) is 0 Å². The summed E-state index contributed by atoms with van der Waals surface area (Å²) in [6.45, 7) is 10.6. The van der Waals surface area contributed by atoms with Crippen LogP contribution in [-0.2, 0) is 29.8 Å². The van der Waals surface area contributed by atoms with E-state index in [9.17, 15) is 8.42 Å². The van der Waals surface area contributed by atoms with Crippen molar-refractivity contribution in [1.82, 2.24) is 24.7 Å². The van der Waals surface area contributed by atoms with Gasteiger partial charge < -0.3 is 18.8 Å². The summed E-state index contributed by atoms with van der Waals surface area (Å²) in [6.07, 6.45) is 5.64. The average molecular weight is 508 g/mol. The Morgan fingerprint density at radius 1 is 1.09 bits per heavy atom. The highest BCUT2D eigenvalue weighted by atomic mass is 32.2. The SMILES string of the molecule is Cc1cnc([C@H](OC(C)C)[C@H](C)S(=O)(=O)Cc2nnc([C@@H]3CC[C@H](C)O3)n2C2CCOCC2)cn1. The van der Waals surface area contributed by atoms with Gasteiger partial charge in [0.1, 0.15) is 23.8 Å². The van der Waals surface area contributed by atoms with Gasteiger partial charge in [0.05, 0.1) is 35.0 Å². The lowest BCUT2D eigenvalue weighted by atomic mass is 10.1. The molecule has 2 aliphatic heterocycles. The topological polar surface area (TPSA) is 118 Å². The monoisotopic (exact) mass is 507 g/mol. The minimum Gasteiger partial charge on any atom is -0.381 e. The molecule has 4 heterocycles. The molecule has 4 atom stereocenters. The number of aromatic nitrogens is 5. The lowest BCUT2D eigenvalue weighted by Gasteiger charge is -2.28. The molecule has 0 saturated carbocycles. The summed E-state index contributed by atoms with van der Waals surface area (Å²) in [6, 6.07) is 0.0828. The van der Waals surface area contributed by atoms with E-state index >= 15 is 0 Å². The highest BCUT2D eigenvalue weighted by Crippen LogP contribution is 2.36. The van der Waals surface area contributed by atoms with E-state index in [0.717, 1.165) is 37.2 Å². The van der Waals surface area contributed by atoms with Crippen LogP contribution in [0.25, 0.3) is 0 Å². The van der Waals surface area contributed by atoms with Crippen LogP contribution >= 0.6 is 0 Å². The maximum atomic E-state index is 13.7. The Hall–Kier alpha value is -1.95. The molecule has 2 aliphatic rings. The summed E-state index contributed by atoms with van der Waals surface area (Å²) in [5.41, 5.74) is 1.26. The van der Waals surface area contributed by atoms with Gasteiger partial charge >= 0.3 is 0 Å². The molecular formula is C24H37N5O5S.